The summed E-state index contributed by atoms with van der Waals surface area (Å²) in [6.07, 6.45) is 1.87. The number of non-ortho nitro benzene ring substituents is 1. The predicted molar refractivity (Wildman–Crippen MR) is 72.1 cm³/mol. The zero-order chi connectivity index (χ0) is 14.5. The third-order valence-corrected chi connectivity index (χ3v) is 3.37. The van der Waals surface area contributed by atoms with E-state index in [-0.39, 0.29) is 11.3 Å². The molecule has 0 unspecified atom stereocenters. The van der Waals surface area contributed by atoms with Gasteiger partial charge in [-0.25, -0.2) is 4.79 Å². The Hall–Kier alpha value is -2.15. The molecule has 0 radical (unpaired) electrons. The van der Waals surface area contributed by atoms with E-state index >= 15 is 0 Å². The van der Waals surface area contributed by atoms with Crippen molar-refractivity contribution < 1.29 is 19.6 Å². The number of benzene rings is 1. The Balaban J connectivity index is 2.09. The van der Waals surface area contributed by atoms with Gasteiger partial charge in [0.05, 0.1) is 10.5 Å². The molecule has 0 amide bonds. The Morgan fingerprint density at radius 3 is 2.75 bits per heavy atom. The molecular weight excluding hydrogens is 264 g/mol. The maximum Gasteiger partial charge on any atom is 0.338 e. The van der Waals surface area contributed by atoms with Crippen LogP contribution in [0.5, 0.6) is 0 Å². The number of nitrogens with one attached hydrogen (secondary N) is 1. The lowest BCUT2D eigenvalue weighted by Gasteiger charge is -2.23. The van der Waals surface area contributed by atoms with E-state index in [1.165, 1.54) is 12.1 Å². The molecule has 0 atom stereocenters. The first kappa shape index (κ1) is 14.3. The molecule has 0 bridgehead atoms. The van der Waals surface area contributed by atoms with Gasteiger partial charge in [-0.1, -0.05) is 0 Å². The van der Waals surface area contributed by atoms with Crippen molar-refractivity contribution in [3.8, 4) is 0 Å². The standard InChI is InChI=1S/C13H16N2O5/c16-13(17)11-7-10(15(18)19)1-2-12(11)14-8-9-3-5-20-6-4-9/h1-2,7,9,14H,3-6,8H2,(H,16,17). The number of anilines is 1. The molecular formula is C13H16N2O5. The molecule has 0 spiro atoms. The van der Waals surface area contributed by atoms with Gasteiger partial charge in [0.2, 0.25) is 0 Å². The van der Waals surface area contributed by atoms with Gasteiger partial charge in [-0.3, -0.25) is 10.1 Å². The zero-order valence-electron chi connectivity index (χ0n) is 10.9. The highest BCUT2D eigenvalue weighted by atomic mass is 16.6. The Kier molecular flexibility index (Phi) is 4.52. The molecule has 1 saturated heterocycles. The van der Waals surface area contributed by atoms with Gasteiger partial charge in [-0.2, -0.15) is 0 Å². The first-order valence-corrected chi connectivity index (χ1v) is 6.41. The van der Waals surface area contributed by atoms with E-state index in [9.17, 15) is 14.9 Å². The molecule has 2 rings (SSSR count). The fourth-order valence-electron chi connectivity index (χ4n) is 2.18. The monoisotopic (exact) mass is 280 g/mol. The first-order valence-electron chi connectivity index (χ1n) is 6.41. The van der Waals surface area contributed by atoms with Crippen LogP contribution in [0.15, 0.2) is 18.2 Å². The van der Waals surface area contributed by atoms with E-state index in [4.69, 9.17) is 9.84 Å². The van der Waals surface area contributed by atoms with Crippen LogP contribution in [0.3, 0.4) is 0 Å². The number of hydrogen-bond acceptors (Lipinski definition) is 5. The summed E-state index contributed by atoms with van der Waals surface area (Å²) in [5.74, 6) is -0.747. The molecule has 108 valence electrons. The molecule has 2 N–H and O–H groups in total. The van der Waals surface area contributed by atoms with E-state index in [0.29, 0.717) is 18.2 Å². The molecule has 7 heteroatoms. The maximum absolute atomic E-state index is 11.2. The quantitative estimate of drug-likeness (QED) is 0.632. The Morgan fingerprint density at radius 1 is 1.45 bits per heavy atom. The van der Waals surface area contributed by atoms with Crippen molar-refractivity contribution in [2.75, 3.05) is 25.1 Å². The normalized spacial score (nSPS) is 15.8. The van der Waals surface area contributed by atoms with Crippen molar-refractivity contribution in [3.05, 3.63) is 33.9 Å². The lowest BCUT2D eigenvalue weighted by Crippen LogP contribution is -2.23. The summed E-state index contributed by atoms with van der Waals surface area (Å²) in [5.41, 5.74) is 0.111. The summed E-state index contributed by atoms with van der Waals surface area (Å²) < 4.78 is 5.26. The SMILES string of the molecule is O=C(O)c1cc([N+](=O)[O-])ccc1NCC1CCOCC1. The molecule has 0 saturated carbocycles. The van der Waals surface area contributed by atoms with Crippen molar-refractivity contribution in [2.24, 2.45) is 5.92 Å². The molecule has 1 aliphatic heterocycles. The van der Waals surface area contributed by atoms with Gasteiger partial charge < -0.3 is 15.2 Å². The van der Waals surface area contributed by atoms with E-state index in [2.05, 4.69) is 5.32 Å². The average Bonchev–Trinajstić information content (AvgIpc) is 2.45. The summed E-state index contributed by atoms with van der Waals surface area (Å²) in [6, 6.07) is 3.83. The molecule has 0 aromatic heterocycles. The van der Waals surface area contributed by atoms with Gasteiger partial charge >= 0.3 is 5.97 Å². The number of ether oxygens (including phenoxy) is 1. The fourth-order valence-corrected chi connectivity index (χ4v) is 2.18. The number of nitro groups is 1. The zero-order valence-corrected chi connectivity index (χ0v) is 10.9. The minimum Gasteiger partial charge on any atom is -0.478 e. The minimum absolute atomic E-state index is 0.0775. The number of aromatic carboxylic acids is 1. The summed E-state index contributed by atoms with van der Waals surface area (Å²) >= 11 is 0. The van der Waals surface area contributed by atoms with Crippen LogP contribution in [0.4, 0.5) is 11.4 Å². The molecule has 1 fully saturated rings. The topological polar surface area (TPSA) is 102 Å². The molecule has 1 aromatic carbocycles. The number of nitro benzene ring substituents is 1. The summed E-state index contributed by atoms with van der Waals surface area (Å²) in [4.78, 5) is 21.2. The lowest BCUT2D eigenvalue weighted by atomic mass is 10.00. The summed E-state index contributed by atoms with van der Waals surface area (Å²) in [7, 11) is 0. The summed E-state index contributed by atoms with van der Waals surface area (Å²) in [5, 5.41) is 22.9. The minimum atomic E-state index is -1.18. The van der Waals surface area contributed by atoms with E-state index < -0.39 is 10.9 Å². The third-order valence-electron chi connectivity index (χ3n) is 3.37. The highest BCUT2D eigenvalue weighted by Crippen LogP contribution is 2.23. The van der Waals surface area contributed by atoms with Crippen molar-refractivity contribution in [1.29, 1.82) is 0 Å². The van der Waals surface area contributed by atoms with Gasteiger partial charge in [-0.05, 0) is 24.8 Å². The molecule has 1 aromatic rings. The second-order valence-corrected chi connectivity index (χ2v) is 4.73. The van der Waals surface area contributed by atoms with E-state index in [1.807, 2.05) is 0 Å². The highest BCUT2D eigenvalue weighted by molar-refractivity contribution is 5.95. The predicted octanol–water partition coefficient (Wildman–Crippen LogP) is 2.13. The van der Waals surface area contributed by atoms with E-state index in [0.717, 1.165) is 32.1 Å². The van der Waals surface area contributed by atoms with Crippen LogP contribution in [0, 0.1) is 16.0 Å². The Bertz CT molecular complexity index is 511. The van der Waals surface area contributed by atoms with Crippen molar-refractivity contribution in [1.82, 2.24) is 0 Å². The van der Waals surface area contributed by atoms with Crippen LogP contribution < -0.4 is 5.32 Å². The number of rotatable bonds is 5. The third kappa shape index (κ3) is 3.45. The second kappa shape index (κ2) is 6.33. The van der Waals surface area contributed by atoms with Crippen LogP contribution >= 0.6 is 0 Å². The smallest absolute Gasteiger partial charge is 0.338 e. The average molecular weight is 280 g/mol. The van der Waals surface area contributed by atoms with Gasteiger partial charge in [0, 0.05) is 37.6 Å². The molecule has 20 heavy (non-hydrogen) atoms. The van der Waals surface area contributed by atoms with Crippen LogP contribution in [0.2, 0.25) is 0 Å². The van der Waals surface area contributed by atoms with Crippen molar-refractivity contribution in [2.45, 2.75) is 12.8 Å². The van der Waals surface area contributed by atoms with Crippen molar-refractivity contribution >= 4 is 17.3 Å². The number of carboxylic acids is 1. The number of carboxylic acid groups (broad SMARTS) is 1. The largest absolute Gasteiger partial charge is 0.478 e. The highest BCUT2D eigenvalue weighted by Gasteiger charge is 2.18. The van der Waals surface area contributed by atoms with Gasteiger partial charge in [-0.15, -0.1) is 0 Å². The fraction of sp³-hybridized carbons (Fsp3) is 0.462. The second-order valence-electron chi connectivity index (χ2n) is 4.73. The molecule has 0 aliphatic carbocycles. The van der Waals surface area contributed by atoms with Gasteiger partial charge in [0.1, 0.15) is 0 Å². The van der Waals surface area contributed by atoms with Gasteiger partial charge in [0.25, 0.3) is 5.69 Å². The Labute approximate surface area is 115 Å². The number of carbonyl (C=O) groups is 1. The lowest BCUT2D eigenvalue weighted by molar-refractivity contribution is -0.384. The molecule has 1 heterocycles. The van der Waals surface area contributed by atoms with Crippen molar-refractivity contribution in [3.63, 3.8) is 0 Å². The van der Waals surface area contributed by atoms with Gasteiger partial charge in [0.15, 0.2) is 0 Å². The first-order chi connectivity index (χ1) is 9.58. The maximum atomic E-state index is 11.2. The number of hydrogen-bond donors (Lipinski definition) is 2. The van der Waals surface area contributed by atoms with Crippen LogP contribution in [0.25, 0.3) is 0 Å². The van der Waals surface area contributed by atoms with Crippen LogP contribution in [-0.4, -0.2) is 35.8 Å². The van der Waals surface area contributed by atoms with E-state index in [1.54, 1.807) is 0 Å². The van der Waals surface area contributed by atoms with Crippen LogP contribution in [-0.2, 0) is 4.74 Å². The number of nitrogens with zero attached hydrogens (tertiary/aromatic N) is 1. The summed E-state index contributed by atoms with van der Waals surface area (Å²) in [6.45, 7) is 2.08. The molecule has 1 aliphatic rings. The van der Waals surface area contributed by atoms with Crippen LogP contribution in [0.1, 0.15) is 23.2 Å². The molecule has 7 nitrogen and oxygen atoms in total. The Morgan fingerprint density at radius 2 is 2.15 bits per heavy atom.